The maximum Gasteiger partial charge on any atom is 0.417 e. The van der Waals surface area contributed by atoms with Gasteiger partial charge in [0.15, 0.2) is 5.58 Å². The lowest BCUT2D eigenvalue weighted by Crippen LogP contribution is -2.24. The molecule has 17 heavy (non-hydrogen) atoms. The number of benzene rings is 1. The van der Waals surface area contributed by atoms with E-state index in [-0.39, 0.29) is 6.61 Å². The zero-order valence-electron chi connectivity index (χ0n) is 9.77. The average molecular weight is 236 g/mol. The van der Waals surface area contributed by atoms with Crippen molar-refractivity contribution in [3.05, 3.63) is 34.3 Å². The van der Waals surface area contributed by atoms with E-state index in [1.54, 1.807) is 6.07 Å². The van der Waals surface area contributed by atoms with Crippen LogP contribution in [0.5, 0.6) is 0 Å². The maximum absolute atomic E-state index is 11.0. The van der Waals surface area contributed by atoms with Crippen LogP contribution in [-0.4, -0.2) is 41.7 Å². The van der Waals surface area contributed by atoms with Crippen molar-refractivity contribution in [1.29, 1.82) is 0 Å². The van der Waals surface area contributed by atoms with Gasteiger partial charge in [0, 0.05) is 13.1 Å². The fourth-order valence-corrected chi connectivity index (χ4v) is 1.76. The summed E-state index contributed by atoms with van der Waals surface area (Å²) < 4.78 is 4.93. The first kappa shape index (κ1) is 11.9. The number of nitrogens with zero attached hydrogens (tertiary/aromatic N) is 1. The Morgan fingerprint density at radius 3 is 3.00 bits per heavy atom. The van der Waals surface area contributed by atoms with Gasteiger partial charge in [-0.25, -0.2) is 4.79 Å². The Kier molecular flexibility index (Phi) is 3.61. The van der Waals surface area contributed by atoms with Crippen molar-refractivity contribution in [1.82, 2.24) is 9.88 Å². The molecule has 5 heteroatoms. The van der Waals surface area contributed by atoms with Crippen molar-refractivity contribution in [2.75, 3.05) is 26.7 Å². The molecule has 0 bridgehead atoms. The van der Waals surface area contributed by atoms with Crippen molar-refractivity contribution in [2.24, 2.45) is 0 Å². The Bertz CT molecular complexity index is 544. The number of rotatable bonds is 5. The van der Waals surface area contributed by atoms with Gasteiger partial charge in [-0.15, -0.1) is 0 Å². The van der Waals surface area contributed by atoms with E-state index in [0.29, 0.717) is 12.1 Å². The quantitative estimate of drug-likeness (QED) is 0.797. The van der Waals surface area contributed by atoms with Crippen LogP contribution in [0.25, 0.3) is 11.1 Å². The Morgan fingerprint density at radius 2 is 2.24 bits per heavy atom. The van der Waals surface area contributed by atoms with E-state index in [4.69, 9.17) is 9.52 Å². The average Bonchev–Trinajstić information content (AvgIpc) is 2.66. The standard InChI is InChI=1S/C12H16N2O3/c1-14(6-7-15)5-4-9-2-3-11-10(8-9)13-12(16)17-11/h2-3,8,15H,4-7H2,1H3,(H,13,16). The van der Waals surface area contributed by atoms with E-state index in [2.05, 4.69) is 9.88 Å². The molecule has 0 fully saturated rings. The number of H-pyrrole nitrogens is 1. The van der Waals surface area contributed by atoms with Crippen LogP contribution in [0.1, 0.15) is 5.56 Å². The van der Waals surface area contributed by atoms with Crippen molar-refractivity contribution in [3.63, 3.8) is 0 Å². The zero-order valence-corrected chi connectivity index (χ0v) is 9.77. The second-order valence-electron chi connectivity index (χ2n) is 4.12. The molecule has 0 amide bonds. The van der Waals surface area contributed by atoms with Crippen LogP contribution in [0.2, 0.25) is 0 Å². The molecule has 2 N–H and O–H groups in total. The molecule has 1 aromatic heterocycles. The van der Waals surface area contributed by atoms with Gasteiger partial charge in [-0.2, -0.15) is 0 Å². The highest BCUT2D eigenvalue weighted by Gasteiger charge is 2.03. The summed E-state index contributed by atoms with van der Waals surface area (Å²) in [4.78, 5) is 15.7. The van der Waals surface area contributed by atoms with Gasteiger partial charge in [0.05, 0.1) is 12.1 Å². The molecular formula is C12H16N2O3. The molecule has 92 valence electrons. The Labute approximate surface area is 98.7 Å². The minimum atomic E-state index is -0.422. The first-order valence-corrected chi connectivity index (χ1v) is 5.60. The van der Waals surface area contributed by atoms with Crippen molar-refractivity contribution < 1.29 is 9.52 Å². The number of fused-ring (bicyclic) bond motifs is 1. The predicted molar refractivity (Wildman–Crippen MR) is 65.1 cm³/mol. The molecule has 0 saturated heterocycles. The number of aliphatic hydroxyl groups excluding tert-OH is 1. The number of aromatic nitrogens is 1. The van der Waals surface area contributed by atoms with E-state index in [0.717, 1.165) is 24.0 Å². The minimum absolute atomic E-state index is 0.171. The smallest absolute Gasteiger partial charge is 0.408 e. The van der Waals surface area contributed by atoms with Crippen molar-refractivity contribution in [3.8, 4) is 0 Å². The molecule has 1 aromatic carbocycles. The van der Waals surface area contributed by atoms with Crippen molar-refractivity contribution in [2.45, 2.75) is 6.42 Å². The number of aromatic amines is 1. The van der Waals surface area contributed by atoms with E-state index >= 15 is 0 Å². The van der Waals surface area contributed by atoms with E-state index in [1.165, 1.54) is 0 Å². The van der Waals surface area contributed by atoms with E-state index < -0.39 is 5.76 Å². The van der Waals surface area contributed by atoms with Crippen LogP contribution in [0.4, 0.5) is 0 Å². The predicted octanol–water partition coefficient (Wildman–Crippen LogP) is 0.588. The number of likely N-dealkylation sites (N-methyl/N-ethyl adjacent to an activating group) is 1. The number of hydrogen-bond acceptors (Lipinski definition) is 4. The molecule has 2 rings (SSSR count). The van der Waals surface area contributed by atoms with Gasteiger partial charge < -0.3 is 14.4 Å². The molecule has 0 aliphatic heterocycles. The molecule has 0 aliphatic rings. The summed E-state index contributed by atoms with van der Waals surface area (Å²) in [6.07, 6.45) is 0.875. The van der Waals surface area contributed by atoms with Gasteiger partial charge in [0.1, 0.15) is 0 Å². The van der Waals surface area contributed by atoms with Gasteiger partial charge in [-0.3, -0.25) is 4.98 Å². The highest BCUT2D eigenvalue weighted by molar-refractivity contribution is 5.72. The van der Waals surface area contributed by atoms with Gasteiger partial charge in [0.25, 0.3) is 0 Å². The summed E-state index contributed by atoms with van der Waals surface area (Å²) in [6.45, 7) is 1.71. The molecule has 1 heterocycles. The van der Waals surface area contributed by atoms with Crippen LogP contribution >= 0.6 is 0 Å². The van der Waals surface area contributed by atoms with Crippen LogP contribution in [0.3, 0.4) is 0 Å². The van der Waals surface area contributed by atoms with Gasteiger partial charge in [-0.05, 0) is 31.2 Å². The molecule has 0 radical (unpaired) electrons. The lowest BCUT2D eigenvalue weighted by Gasteiger charge is -2.14. The maximum atomic E-state index is 11.0. The summed E-state index contributed by atoms with van der Waals surface area (Å²) in [5.74, 6) is -0.422. The lowest BCUT2D eigenvalue weighted by molar-refractivity contribution is 0.223. The summed E-state index contributed by atoms with van der Waals surface area (Å²) in [5.41, 5.74) is 2.46. The fourth-order valence-electron chi connectivity index (χ4n) is 1.76. The van der Waals surface area contributed by atoms with Crippen molar-refractivity contribution >= 4 is 11.1 Å². The normalized spacial score (nSPS) is 11.5. The third-order valence-electron chi connectivity index (χ3n) is 2.75. The van der Waals surface area contributed by atoms with Crippen LogP contribution in [-0.2, 0) is 6.42 Å². The van der Waals surface area contributed by atoms with Gasteiger partial charge >= 0.3 is 5.76 Å². The molecule has 5 nitrogen and oxygen atoms in total. The molecular weight excluding hydrogens is 220 g/mol. The summed E-state index contributed by atoms with van der Waals surface area (Å²) in [6, 6.07) is 5.67. The lowest BCUT2D eigenvalue weighted by atomic mass is 10.1. The second kappa shape index (κ2) is 5.16. The third kappa shape index (κ3) is 2.95. The molecule has 0 atom stereocenters. The highest BCUT2D eigenvalue weighted by atomic mass is 16.4. The second-order valence-corrected chi connectivity index (χ2v) is 4.12. The number of hydrogen-bond donors (Lipinski definition) is 2. The minimum Gasteiger partial charge on any atom is -0.408 e. The monoisotopic (exact) mass is 236 g/mol. The zero-order chi connectivity index (χ0) is 12.3. The van der Waals surface area contributed by atoms with Crippen LogP contribution < -0.4 is 5.76 Å². The topological polar surface area (TPSA) is 69.5 Å². The first-order valence-electron chi connectivity index (χ1n) is 5.60. The number of oxazole rings is 1. The molecule has 0 spiro atoms. The third-order valence-corrected chi connectivity index (χ3v) is 2.75. The van der Waals surface area contributed by atoms with Crippen LogP contribution in [0.15, 0.2) is 27.4 Å². The summed E-state index contributed by atoms with van der Waals surface area (Å²) in [7, 11) is 1.97. The largest absolute Gasteiger partial charge is 0.417 e. The van der Waals surface area contributed by atoms with E-state index in [1.807, 2.05) is 19.2 Å². The fraction of sp³-hybridized carbons (Fsp3) is 0.417. The molecule has 0 aliphatic carbocycles. The van der Waals surface area contributed by atoms with Crippen LogP contribution in [0, 0.1) is 0 Å². The highest BCUT2D eigenvalue weighted by Crippen LogP contribution is 2.12. The molecule has 0 unspecified atom stereocenters. The molecule has 0 saturated carbocycles. The first-order chi connectivity index (χ1) is 8.19. The SMILES string of the molecule is CN(CCO)CCc1ccc2oc(=O)[nH]c2c1. The summed E-state index contributed by atoms with van der Waals surface area (Å²) >= 11 is 0. The van der Waals surface area contributed by atoms with E-state index in [9.17, 15) is 4.79 Å². The number of nitrogens with one attached hydrogen (secondary N) is 1. The van der Waals surface area contributed by atoms with Gasteiger partial charge in [0.2, 0.25) is 0 Å². The Morgan fingerprint density at radius 1 is 1.41 bits per heavy atom. The Balaban J connectivity index is 2.06. The number of aliphatic hydroxyl groups is 1. The molecule has 2 aromatic rings. The summed E-state index contributed by atoms with van der Waals surface area (Å²) in [5, 5.41) is 8.78. The Hall–Kier alpha value is -1.59. The van der Waals surface area contributed by atoms with Gasteiger partial charge in [-0.1, -0.05) is 6.07 Å².